The summed E-state index contributed by atoms with van der Waals surface area (Å²) in [4.78, 5) is 11.4. The fourth-order valence-corrected chi connectivity index (χ4v) is 5.48. The van der Waals surface area contributed by atoms with Gasteiger partial charge in [-0.05, 0) is 44.0 Å². The number of rotatable bonds is 23. The van der Waals surface area contributed by atoms with E-state index >= 15 is 0 Å². The Kier molecular flexibility index (Phi) is 20.6. The molecule has 0 rings (SSSR count). The lowest BCUT2D eigenvalue weighted by Gasteiger charge is -2.38. The van der Waals surface area contributed by atoms with Crippen LogP contribution in [0.2, 0.25) is 18.1 Å². The standard InChI is InChI=1S/C29H58O8Si/c1-24(37-38(8,9)29(2,3)4)18-16-14-12-10-11-13-15-17-19-26(35-22-32-5)28(36-23-33-6)25(30)20-21-27(31)34-7/h20-21,24-26,28,30H,10-19,22-23H2,1-9H3/b21-20+/t24-,25+,26+,28+/m0/s1. The van der Waals surface area contributed by atoms with Gasteiger partial charge in [-0.3, -0.25) is 0 Å². The summed E-state index contributed by atoms with van der Waals surface area (Å²) in [6.07, 6.45) is 12.0. The summed E-state index contributed by atoms with van der Waals surface area (Å²) in [6.45, 7) is 13.8. The molecule has 0 saturated carbocycles. The molecule has 0 aliphatic carbocycles. The third kappa shape index (κ3) is 17.0. The zero-order valence-corrected chi connectivity index (χ0v) is 26.8. The Morgan fingerprint density at radius 2 is 1.34 bits per heavy atom. The number of carbonyl (C=O) groups is 1. The predicted octanol–water partition coefficient (Wildman–Crippen LogP) is 6.37. The van der Waals surface area contributed by atoms with Gasteiger partial charge >= 0.3 is 5.97 Å². The molecule has 0 aromatic carbocycles. The van der Waals surface area contributed by atoms with E-state index in [0.29, 0.717) is 12.5 Å². The molecule has 0 bridgehead atoms. The first kappa shape index (κ1) is 37.2. The Morgan fingerprint density at radius 3 is 1.84 bits per heavy atom. The van der Waals surface area contributed by atoms with Crippen LogP contribution in [0.25, 0.3) is 0 Å². The number of ether oxygens (including phenoxy) is 5. The lowest BCUT2D eigenvalue weighted by Crippen LogP contribution is -2.43. The highest BCUT2D eigenvalue weighted by atomic mass is 28.4. The smallest absolute Gasteiger partial charge is 0.330 e. The molecular weight excluding hydrogens is 504 g/mol. The van der Waals surface area contributed by atoms with Crippen LogP contribution in [-0.2, 0) is 32.9 Å². The fourth-order valence-electron chi connectivity index (χ4n) is 4.00. The van der Waals surface area contributed by atoms with Crippen molar-refractivity contribution in [2.24, 2.45) is 0 Å². The predicted molar refractivity (Wildman–Crippen MR) is 155 cm³/mol. The van der Waals surface area contributed by atoms with E-state index in [2.05, 4.69) is 45.5 Å². The van der Waals surface area contributed by atoms with Crippen LogP contribution in [-0.4, -0.2) is 78.7 Å². The number of hydrogen-bond acceptors (Lipinski definition) is 8. The van der Waals surface area contributed by atoms with Gasteiger partial charge in [0.25, 0.3) is 0 Å². The van der Waals surface area contributed by atoms with Crippen molar-refractivity contribution in [2.75, 3.05) is 34.9 Å². The molecule has 0 fully saturated rings. The maximum Gasteiger partial charge on any atom is 0.330 e. The third-order valence-electron chi connectivity index (χ3n) is 7.26. The summed E-state index contributed by atoms with van der Waals surface area (Å²) in [5.41, 5.74) is 0. The number of hydrogen-bond donors (Lipinski definition) is 1. The molecule has 0 aliphatic heterocycles. The maximum absolute atomic E-state index is 11.4. The molecule has 4 atom stereocenters. The Bertz CT molecular complexity index is 620. The lowest BCUT2D eigenvalue weighted by atomic mass is 9.99. The Morgan fingerprint density at radius 1 is 0.842 bits per heavy atom. The van der Waals surface area contributed by atoms with Gasteiger partial charge in [-0.1, -0.05) is 72.1 Å². The van der Waals surface area contributed by atoms with Crippen molar-refractivity contribution >= 4 is 14.3 Å². The molecule has 0 spiro atoms. The third-order valence-corrected chi connectivity index (χ3v) is 11.9. The van der Waals surface area contributed by atoms with E-state index in [1.165, 1.54) is 58.5 Å². The molecule has 1 N–H and O–H groups in total. The van der Waals surface area contributed by atoms with Crippen molar-refractivity contribution in [3.05, 3.63) is 12.2 Å². The average molecular weight is 563 g/mol. The van der Waals surface area contributed by atoms with Gasteiger partial charge in [-0.15, -0.1) is 0 Å². The molecule has 0 aliphatic rings. The fraction of sp³-hybridized carbons (Fsp3) is 0.897. The summed E-state index contributed by atoms with van der Waals surface area (Å²) in [7, 11) is 2.68. The van der Waals surface area contributed by atoms with Crippen LogP contribution >= 0.6 is 0 Å². The van der Waals surface area contributed by atoms with Crippen LogP contribution in [0.1, 0.15) is 91.9 Å². The van der Waals surface area contributed by atoms with Crippen molar-refractivity contribution in [1.82, 2.24) is 0 Å². The van der Waals surface area contributed by atoms with Gasteiger partial charge in [0.1, 0.15) is 25.8 Å². The van der Waals surface area contributed by atoms with Crippen molar-refractivity contribution in [3.8, 4) is 0 Å². The number of unbranched alkanes of at least 4 members (excludes halogenated alkanes) is 7. The molecule has 8 nitrogen and oxygen atoms in total. The maximum atomic E-state index is 11.4. The zero-order valence-electron chi connectivity index (χ0n) is 25.8. The highest BCUT2D eigenvalue weighted by Gasteiger charge is 2.38. The van der Waals surface area contributed by atoms with Crippen LogP contribution in [0.5, 0.6) is 0 Å². The normalized spacial score (nSPS) is 15.9. The largest absolute Gasteiger partial charge is 0.466 e. The van der Waals surface area contributed by atoms with Crippen LogP contribution in [0, 0.1) is 0 Å². The van der Waals surface area contributed by atoms with E-state index in [1.807, 2.05) is 0 Å². The SMILES string of the molecule is COCO[C@H]([C@H](O)/C=C/C(=O)OC)[C@@H](CCCCCCCCCC[C@H](C)O[Si](C)(C)C(C)(C)C)OCOC. The molecule has 226 valence electrons. The topological polar surface area (TPSA) is 92.7 Å². The van der Waals surface area contributed by atoms with Gasteiger partial charge in [0.15, 0.2) is 8.32 Å². The second-order valence-corrected chi connectivity index (χ2v) is 16.4. The Labute approximate surface area is 233 Å². The lowest BCUT2D eigenvalue weighted by molar-refractivity contribution is -0.180. The highest BCUT2D eigenvalue weighted by molar-refractivity contribution is 6.74. The van der Waals surface area contributed by atoms with Gasteiger partial charge in [0, 0.05) is 26.4 Å². The molecular formula is C29H58O8Si. The first-order valence-electron chi connectivity index (χ1n) is 14.2. The summed E-state index contributed by atoms with van der Waals surface area (Å²) in [5, 5.41) is 10.9. The van der Waals surface area contributed by atoms with Crippen LogP contribution < -0.4 is 0 Å². The minimum absolute atomic E-state index is 0.00181. The van der Waals surface area contributed by atoms with Crippen molar-refractivity contribution < 1.29 is 38.0 Å². The summed E-state index contributed by atoms with van der Waals surface area (Å²) >= 11 is 0. The van der Waals surface area contributed by atoms with Gasteiger partial charge in [0.05, 0.1) is 13.2 Å². The van der Waals surface area contributed by atoms with Crippen molar-refractivity contribution in [2.45, 2.75) is 134 Å². The van der Waals surface area contributed by atoms with Gasteiger partial charge < -0.3 is 33.2 Å². The molecule has 0 heterocycles. The van der Waals surface area contributed by atoms with E-state index in [4.69, 9.17) is 23.4 Å². The van der Waals surface area contributed by atoms with Crippen molar-refractivity contribution in [1.29, 1.82) is 0 Å². The monoisotopic (exact) mass is 562 g/mol. The molecule has 38 heavy (non-hydrogen) atoms. The van der Waals surface area contributed by atoms with E-state index < -0.39 is 32.6 Å². The van der Waals surface area contributed by atoms with Crippen LogP contribution in [0.15, 0.2) is 12.2 Å². The molecule has 0 saturated heterocycles. The van der Waals surface area contributed by atoms with Gasteiger partial charge in [-0.2, -0.15) is 0 Å². The first-order valence-corrected chi connectivity index (χ1v) is 17.1. The van der Waals surface area contributed by atoms with Gasteiger partial charge in [-0.25, -0.2) is 4.79 Å². The molecule has 0 radical (unpaired) electrons. The summed E-state index contributed by atoms with van der Waals surface area (Å²) < 4.78 is 32.7. The van der Waals surface area contributed by atoms with E-state index in [1.54, 1.807) is 7.11 Å². The number of aliphatic hydroxyl groups excluding tert-OH is 1. The minimum atomic E-state index is -1.67. The Hall–Kier alpha value is -0.813. The van der Waals surface area contributed by atoms with E-state index in [0.717, 1.165) is 25.7 Å². The zero-order chi connectivity index (χ0) is 29.0. The van der Waals surface area contributed by atoms with Gasteiger partial charge in [0.2, 0.25) is 0 Å². The van der Waals surface area contributed by atoms with Crippen LogP contribution in [0.3, 0.4) is 0 Å². The van der Waals surface area contributed by atoms with E-state index in [9.17, 15) is 9.90 Å². The second-order valence-electron chi connectivity index (χ2n) is 11.6. The summed E-state index contributed by atoms with van der Waals surface area (Å²) in [5.74, 6) is -0.544. The molecule has 9 heteroatoms. The molecule has 0 aromatic rings. The number of aliphatic hydroxyl groups is 1. The molecule has 0 amide bonds. The summed E-state index contributed by atoms with van der Waals surface area (Å²) in [6, 6.07) is 0. The quantitative estimate of drug-likeness (QED) is 0.0505. The minimum Gasteiger partial charge on any atom is -0.466 e. The average Bonchev–Trinajstić information content (AvgIpc) is 2.85. The highest BCUT2D eigenvalue weighted by Crippen LogP contribution is 2.37. The van der Waals surface area contributed by atoms with E-state index in [-0.39, 0.29) is 18.6 Å². The van der Waals surface area contributed by atoms with Crippen LogP contribution in [0.4, 0.5) is 0 Å². The van der Waals surface area contributed by atoms with Crippen molar-refractivity contribution in [3.63, 3.8) is 0 Å². The Balaban J connectivity index is 4.36. The second kappa shape index (κ2) is 21.0. The number of carbonyl (C=O) groups excluding carboxylic acids is 1. The molecule has 0 aromatic heterocycles. The number of esters is 1. The number of methoxy groups -OCH3 is 3. The first-order chi connectivity index (χ1) is 17.9. The molecule has 0 unspecified atom stereocenters.